The molecule has 0 atom stereocenters. The fourth-order valence-electron chi connectivity index (χ4n) is 1.61. The molecule has 6 heteroatoms. The van der Waals surface area contributed by atoms with Crippen molar-refractivity contribution in [3.05, 3.63) is 29.5 Å². The maximum atomic E-state index is 10.9. The third-order valence-corrected chi connectivity index (χ3v) is 2.42. The average molecular weight is 233 g/mol. The highest BCUT2D eigenvalue weighted by Crippen LogP contribution is 2.26. The van der Waals surface area contributed by atoms with E-state index in [9.17, 15) is 4.79 Å². The molecule has 0 radical (unpaired) electrons. The van der Waals surface area contributed by atoms with Crippen LogP contribution in [-0.2, 0) is 0 Å². The van der Waals surface area contributed by atoms with Crippen molar-refractivity contribution >= 4 is 5.97 Å². The summed E-state index contributed by atoms with van der Waals surface area (Å²) in [5, 5.41) is 18.7. The van der Waals surface area contributed by atoms with Crippen LogP contribution in [0.3, 0.4) is 0 Å². The summed E-state index contributed by atoms with van der Waals surface area (Å²) in [6.45, 7) is 1.88. The Morgan fingerprint density at radius 1 is 1.41 bits per heavy atom. The number of methoxy groups -OCH3 is 1. The molecule has 0 spiro atoms. The minimum absolute atomic E-state index is 0.0884. The number of rotatable bonds is 3. The van der Waals surface area contributed by atoms with Crippen molar-refractivity contribution in [1.82, 2.24) is 15.4 Å². The number of carbonyl (C=O) groups is 1. The standard InChI is InChI=1S/C11H11N3O3/c1-6-5-7(3-4-8(6)17-2)9-10(11(15)16)13-14-12-9/h3-5H,1-2H3,(H,15,16)(H,12,13,14). The van der Waals surface area contributed by atoms with E-state index in [-0.39, 0.29) is 5.69 Å². The van der Waals surface area contributed by atoms with E-state index in [0.29, 0.717) is 11.3 Å². The Hall–Kier alpha value is -2.37. The second-order valence-electron chi connectivity index (χ2n) is 3.51. The zero-order valence-corrected chi connectivity index (χ0v) is 9.39. The largest absolute Gasteiger partial charge is 0.496 e. The van der Waals surface area contributed by atoms with E-state index in [2.05, 4.69) is 15.4 Å². The summed E-state index contributed by atoms with van der Waals surface area (Å²) >= 11 is 0. The summed E-state index contributed by atoms with van der Waals surface area (Å²) < 4.78 is 5.13. The molecule has 0 saturated carbocycles. The van der Waals surface area contributed by atoms with Gasteiger partial charge in [0.05, 0.1) is 7.11 Å². The van der Waals surface area contributed by atoms with Crippen molar-refractivity contribution in [3.8, 4) is 17.0 Å². The first-order valence-corrected chi connectivity index (χ1v) is 4.92. The lowest BCUT2D eigenvalue weighted by Crippen LogP contribution is -1.99. The molecule has 0 aliphatic carbocycles. The van der Waals surface area contributed by atoms with Crippen LogP contribution in [-0.4, -0.2) is 33.6 Å². The van der Waals surface area contributed by atoms with Crippen LogP contribution in [0.5, 0.6) is 5.75 Å². The lowest BCUT2D eigenvalue weighted by molar-refractivity contribution is 0.0691. The van der Waals surface area contributed by atoms with Gasteiger partial charge >= 0.3 is 5.97 Å². The van der Waals surface area contributed by atoms with Gasteiger partial charge in [-0.2, -0.15) is 10.3 Å². The lowest BCUT2D eigenvalue weighted by atomic mass is 10.1. The van der Waals surface area contributed by atoms with E-state index in [1.165, 1.54) is 0 Å². The van der Waals surface area contributed by atoms with E-state index in [1.54, 1.807) is 19.2 Å². The van der Waals surface area contributed by atoms with Gasteiger partial charge in [-0.05, 0) is 30.7 Å². The minimum Gasteiger partial charge on any atom is -0.496 e. The molecule has 1 aromatic heterocycles. The van der Waals surface area contributed by atoms with Crippen LogP contribution in [0, 0.1) is 6.92 Å². The van der Waals surface area contributed by atoms with E-state index < -0.39 is 5.97 Å². The van der Waals surface area contributed by atoms with Gasteiger partial charge in [-0.1, -0.05) is 0 Å². The van der Waals surface area contributed by atoms with Gasteiger partial charge in [-0.15, -0.1) is 5.10 Å². The Morgan fingerprint density at radius 3 is 2.76 bits per heavy atom. The maximum absolute atomic E-state index is 10.9. The fraction of sp³-hybridized carbons (Fsp3) is 0.182. The number of aryl methyl sites for hydroxylation is 1. The summed E-state index contributed by atoms with van der Waals surface area (Å²) in [7, 11) is 1.58. The lowest BCUT2D eigenvalue weighted by Gasteiger charge is -2.05. The Balaban J connectivity index is 2.50. The van der Waals surface area contributed by atoms with Gasteiger partial charge in [0.2, 0.25) is 0 Å². The predicted molar refractivity (Wildman–Crippen MR) is 60.1 cm³/mol. The number of aromatic carboxylic acids is 1. The zero-order valence-electron chi connectivity index (χ0n) is 9.39. The maximum Gasteiger partial charge on any atom is 0.358 e. The summed E-state index contributed by atoms with van der Waals surface area (Å²) in [6, 6.07) is 5.32. The molecule has 6 nitrogen and oxygen atoms in total. The first kappa shape index (κ1) is 11.1. The summed E-state index contributed by atoms with van der Waals surface area (Å²) in [5.74, 6) is -0.364. The second-order valence-corrected chi connectivity index (χ2v) is 3.51. The van der Waals surface area contributed by atoms with E-state index in [0.717, 1.165) is 11.3 Å². The van der Waals surface area contributed by atoms with Crippen LogP contribution in [0.4, 0.5) is 0 Å². The fourth-order valence-corrected chi connectivity index (χ4v) is 1.61. The number of hydrogen-bond acceptors (Lipinski definition) is 4. The molecule has 1 aromatic carbocycles. The third kappa shape index (κ3) is 1.96. The number of aromatic nitrogens is 3. The molecule has 2 N–H and O–H groups in total. The number of carboxylic acid groups (broad SMARTS) is 1. The molecule has 2 rings (SSSR count). The second kappa shape index (κ2) is 4.25. The molecule has 0 fully saturated rings. The molecule has 1 heterocycles. The molecule has 0 unspecified atom stereocenters. The van der Waals surface area contributed by atoms with Gasteiger partial charge in [0.1, 0.15) is 11.4 Å². The Labute approximate surface area is 97.2 Å². The molecular weight excluding hydrogens is 222 g/mol. The number of H-pyrrole nitrogens is 1. The van der Waals surface area contributed by atoms with Crippen molar-refractivity contribution in [3.63, 3.8) is 0 Å². The summed E-state index contributed by atoms with van der Waals surface area (Å²) in [4.78, 5) is 10.9. The van der Waals surface area contributed by atoms with Crippen LogP contribution < -0.4 is 4.74 Å². The Kier molecular flexibility index (Phi) is 2.78. The molecule has 0 aliphatic heterocycles. The van der Waals surface area contributed by atoms with Gasteiger partial charge in [0.15, 0.2) is 5.69 Å². The van der Waals surface area contributed by atoms with E-state index >= 15 is 0 Å². The Bertz CT molecular complexity index is 563. The number of nitrogens with zero attached hydrogens (tertiary/aromatic N) is 2. The zero-order chi connectivity index (χ0) is 12.4. The van der Waals surface area contributed by atoms with Crippen molar-refractivity contribution in [2.24, 2.45) is 0 Å². The topological polar surface area (TPSA) is 88.1 Å². The quantitative estimate of drug-likeness (QED) is 0.838. The van der Waals surface area contributed by atoms with Crippen molar-refractivity contribution in [1.29, 1.82) is 0 Å². The van der Waals surface area contributed by atoms with Gasteiger partial charge < -0.3 is 9.84 Å². The number of hydrogen-bond donors (Lipinski definition) is 2. The molecule has 88 valence electrons. The van der Waals surface area contributed by atoms with Gasteiger partial charge in [0.25, 0.3) is 0 Å². The highest BCUT2D eigenvalue weighted by molar-refractivity contribution is 5.92. The summed E-state index contributed by atoms with van der Waals surface area (Å²) in [5.41, 5.74) is 1.83. The number of ether oxygens (including phenoxy) is 1. The molecule has 0 saturated heterocycles. The van der Waals surface area contributed by atoms with Gasteiger partial charge in [-0.3, -0.25) is 0 Å². The van der Waals surface area contributed by atoms with Crippen LogP contribution in [0.1, 0.15) is 16.1 Å². The number of benzene rings is 1. The first-order valence-electron chi connectivity index (χ1n) is 4.92. The van der Waals surface area contributed by atoms with Crippen LogP contribution in [0.25, 0.3) is 11.3 Å². The molecule has 0 aliphatic rings. The normalized spacial score (nSPS) is 10.2. The monoisotopic (exact) mass is 233 g/mol. The Morgan fingerprint density at radius 2 is 2.18 bits per heavy atom. The molecular formula is C11H11N3O3. The van der Waals surface area contributed by atoms with Crippen LogP contribution in [0.15, 0.2) is 18.2 Å². The van der Waals surface area contributed by atoms with Gasteiger partial charge in [0, 0.05) is 5.56 Å². The predicted octanol–water partition coefficient (Wildman–Crippen LogP) is 1.49. The van der Waals surface area contributed by atoms with Crippen LogP contribution in [0.2, 0.25) is 0 Å². The molecule has 2 aromatic rings. The molecule has 0 bridgehead atoms. The van der Waals surface area contributed by atoms with Crippen LogP contribution >= 0.6 is 0 Å². The molecule has 17 heavy (non-hydrogen) atoms. The van der Waals surface area contributed by atoms with E-state index in [1.807, 2.05) is 13.0 Å². The third-order valence-electron chi connectivity index (χ3n) is 2.42. The van der Waals surface area contributed by atoms with Crippen molar-refractivity contribution in [2.75, 3.05) is 7.11 Å². The average Bonchev–Trinajstić information content (AvgIpc) is 2.77. The molecule has 0 amide bonds. The van der Waals surface area contributed by atoms with Crippen molar-refractivity contribution < 1.29 is 14.6 Å². The number of aromatic amines is 1. The summed E-state index contributed by atoms with van der Waals surface area (Å²) in [6.07, 6.45) is 0. The SMILES string of the molecule is COc1ccc(-c2n[nH]nc2C(=O)O)cc1C. The van der Waals surface area contributed by atoms with Gasteiger partial charge in [-0.25, -0.2) is 4.79 Å². The smallest absolute Gasteiger partial charge is 0.358 e. The number of carboxylic acids is 1. The highest BCUT2D eigenvalue weighted by Gasteiger charge is 2.17. The minimum atomic E-state index is -1.11. The van der Waals surface area contributed by atoms with Crippen molar-refractivity contribution in [2.45, 2.75) is 6.92 Å². The number of nitrogens with one attached hydrogen (secondary N) is 1. The first-order chi connectivity index (χ1) is 8.13. The van der Waals surface area contributed by atoms with E-state index in [4.69, 9.17) is 9.84 Å². The highest BCUT2D eigenvalue weighted by atomic mass is 16.5.